The summed E-state index contributed by atoms with van der Waals surface area (Å²) >= 11 is 0. The summed E-state index contributed by atoms with van der Waals surface area (Å²) in [5, 5.41) is 4.11. The molecule has 0 amide bonds. The molecule has 2 aromatic heterocycles. The lowest BCUT2D eigenvalue weighted by Crippen LogP contribution is -2.04. The first kappa shape index (κ1) is 18.9. The highest BCUT2D eigenvalue weighted by Gasteiger charge is 2.30. The molecule has 4 aromatic rings. The minimum absolute atomic E-state index is 0.360. The Morgan fingerprint density at radius 1 is 1.00 bits per heavy atom. The maximum atomic E-state index is 13.3. The molecule has 0 spiro atoms. The predicted molar refractivity (Wildman–Crippen MR) is 98.8 cm³/mol. The quantitative estimate of drug-likeness (QED) is 0.399. The van der Waals surface area contributed by atoms with Gasteiger partial charge in [-0.1, -0.05) is 12.1 Å². The number of alkyl halides is 3. The van der Waals surface area contributed by atoms with Crippen LogP contribution in [0.1, 0.15) is 18.2 Å². The van der Waals surface area contributed by atoms with Crippen molar-refractivity contribution in [2.75, 3.05) is 0 Å². The van der Waals surface area contributed by atoms with Crippen molar-refractivity contribution in [3.05, 3.63) is 78.2 Å². The van der Waals surface area contributed by atoms with Crippen LogP contribution in [0.4, 0.5) is 17.6 Å². The number of benzene rings is 2. The van der Waals surface area contributed by atoms with Crippen LogP contribution in [0.25, 0.3) is 28.2 Å². The van der Waals surface area contributed by atoms with E-state index in [4.69, 9.17) is 4.52 Å². The first-order chi connectivity index (χ1) is 13.9. The largest absolute Gasteiger partial charge is 0.416 e. The van der Waals surface area contributed by atoms with Gasteiger partial charge in [-0.2, -0.15) is 13.2 Å². The third kappa shape index (κ3) is 3.65. The van der Waals surface area contributed by atoms with Crippen LogP contribution in [0.3, 0.4) is 0 Å². The van der Waals surface area contributed by atoms with E-state index in [1.807, 2.05) is 6.92 Å². The highest BCUT2D eigenvalue weighted by atomic mass is 19.4. The van der Waals surface area contributed by atoms with E-state index in [9.17, 15) is 17.6 Å². The molecular weight excluding hydrogens is 386 g/mol. The summed E-state index contributed by atoms with van der Waals surface area (Å²) in [4.78, 5) is 4.39. The fraction of sp³-hybridized carbons (Fsp3) is 0.143. The van der Waals surface area contributed by atoms with Crippen molar-refractivity contribution < 1.29 is 22.1 Å². The summed E-state index contributed by atoms with van der Waals surface area (Å²) in [6.45, 7) is 1.91. The molecule has 0 aliphatic rings. The maximum Gasteiger partial charge on any atom is 0.416 e. The van der Waals surface area contributed by atoms with Crippen LogP contribution < -0.4 is 0 Å². The summed E-state index contributed by atoms with van der Waals surface area (Å²) in [6, 6.07) is 10.7. The summed E-state index contributed by atoms with van der Waals surface area (Å²) in [5.41, 5.74) is 2.25. The standard InChI is InChI=1S/C21H15F4N3O/c1-2-18-19(20(27-29-18)13-3-7-15(22)8-4-13)17-11-28(12-26-17)16-9-5-14(6-10-16)21(23,24)25/h3-12H,2H2,1H3. The van der Waals surface area contributed by atoms with Gasteiger partial charge in [-0.3, -0.25) is 0 Å². The number of halogens is 4. The van der Waals surface area contributed by atoms with Gasteiger partial charge in [-0.15, -0.1) is 0 Å². The molecule has 148 valence electrons. The Morgan fingerprint density at radius 3 is 2.31 bits per heavy atom. The van der Waals surface area contributed by atoms with Crippen LogP contribution in [0.5, 0.6) is 0 Å². The lowest BCUT2D eigenvalue weighted by atomic mass is 10.0. The topological polar surface area (TPSA) is 43.9 Å². The molecule has 0 N–H and O–H groups in total. The normalized spacial score (nSPS) is 11.8. The molecule has 2 aromatic carbocycles. The van der Waals surface area contributed by atoms with Crippen molar-refractivity contribution in [3.8, 4) is 28.2 Å². The van der Waals surface area contributed by atoms with E-state index in [2.05, 4.69) is 10.1 Å². The number of aryl methyl sites for hydroxylation is 1. The molecule has 4 nitrogen and oxygen atoms in total. The number of hydrogen-bond donors (Lipinski definition) is 0. The highest BCUT2D eigenvalue weighted by molar-refractivity contribution is 5.80. The second-order valence-corrected chi connectivity index (χ2v) is 6.40. The molecule has 0 unspecified atom stereocenters. The van der Waals surface area contributed by atoms with Gasteiger partial charge < -0.3 is 9.09 Å². The summed E-state index contributed by atoms with van der Waals surface area (Å²) in [5.74, 6) is 0.253. The van der Waals surface area contributed by atoms with Crippen molar-refractivity contribution in [2.24, 2.45) is 0 Å². The van der Waals surface area contributed by atoms with E-state index in [1.54, 1.807) is 22.9 Å². The first-order valence-electron chi connectivity index (χ1n) is 8.83. The van der Waals surface area contributed by atoms with Gasteiger partial charge in [0.25, 0.3) is 0 Å². The number of aromatic nitrogens is 3. The van der Waals surface area contributed by atoms with Gasteiger partial charge in [-0.25, -0.2) is 9.37 Å². The Bertz CT molecular complexity index is 1130. The monoisotopic (exact) mass is 401 g/mol. The average molecular weight is 401 g/mol. The van der Waals surface area contributed by atoms with Crippen molar-refractivity contribution in [2.45, 2.75) is 19.5 Å². The van der Waals surface area contributed by atoms with Crippen LogP contribution in [-0.2, 0) is 12.6 Å². The van der Waals surface area contributed by atoms with Crippen LogP contribution in [0.15, 0.2) is 65.6 Å². The molecule has 4 rings (SSSR count). The Morgan fingerprint density at radius 2 is 1.69 bits per heavy atom. The Kier molecular flexibility index (Phi) is 4.70. The Hall–Kier alpha value is -3.42. The minimum atomic E-state index is -4.39. The average Bonchev–Trinajstić information content (AvgIpc) is 3.35. The van der Waals surface area contributed by atoms with Gasteiger partial charge in [0.15, 0.2) is 0 Å². The molecule has 0 radical (unpaired) electrons. The summed E-state index contributed by atoms with van der Waals surface area (Å²) in [7, 11) is 0. The molecule has 8 heteroatoms. The van der Waals surface area contributed by atoms with E-state index in [1.165, 1.54) is 30.6 Å². The molecule has 0 saturated heterocycles. The number of hydrogen-bond acceptors (Lipinski definition) is 3. The minimum Gasteiger partial charge on any atom is -0.360 e. The van der Waals surface area contributed by atoms with Gasteiger partial charge in [0.1, 0.15) is 17.3 Å². The van der Waals surface area contributed by atoms with Crippen LogP contribution in [0, 0.1) is 5.82 Å². The third-order valence-corrected chi connectivity index (χ3v) is 4.53. The number of imidazole rings is 1. The zero-order valence-corrected chi connectivity index (χ0v) is 15.2. The molecule has 0 saturated carbocycles. The van der Waals surface area contributed by atoms with E-state index in [-0.39, 0.29) is 5.82 Å². The lowest BCUT2D eigenvalue weighted by Gasteiger charge is -2.07. The zero-order chi connectivity index (χ0) is 20.6. The fourth-order valence-corrected chi connectivity index (χ4v) is 3.05. The molecule has 0 atom stereocenters. The van der Waals surface area contributed by atoms with Gasteiger partial charge in [0.2, 0.25) is 0 Å². The van der Waals surface area contributed by atoms with Crippen LogP contribution >= 0.6 is 0 Å². The van der Waals surface area contributed by atoms with Crippen molar-refractivity contribution in [3.63, 3.8) is 0 Å². The Balaban J connectivity index is 1.73. The molecule has 0 aliphatic carbocycles. The smallest absolute Gasteiger partial charge is 0.360 e. The number of rotatable bonds is 4. The predicted octanol–water partition coefficient (Wildman–Crippen LogP) is 5.91. The van der Waals surface area contributed by atoms with Crippen LogP contribution in [0.2, 0.25) is 0 Å². The molecular formula is C21H15F4N3O. The maximum absolute atomic E-state index is 13.3. The van der Waals surface area contributed by atoms with E-state index >= 15 is 0 Å². The molecule has 0 fully saturated rings. The molecule has 2 heterocycles. The fourth-order valence-electron chi connectivity index (χ4n) is 3.05. The van der Waals surface area contributed by atoms with E-state index < -0.39 is 11.7 Å². The van der Waals surface area contributed by atoms with Crippen molar-refractivity contribution in [1.29, 1.82) is 0 Å². The second kappa shape index (κ2) is 7.20. The summed E-state index contributed by atoms with van der Waals surface area (Å²) < 4.78 is 58.6. The second-order valence-electron chi connectivity index (χ2n) is 6.40. The van der Waals surface area contributed by atoms with E-state index in [0.29, 0.717) is 40.4 Å². The zero-order valence-electron chi connectivity index (χ0n) is 15.2. The van der Waals surface area contributed by atoms with Gasteiger partial charge in [0, 0.05) is 23.9 Å². The van der Waals surface area contributed by atoms with Crippen LogP contribution in [-0.4, -0.2) is 14.7 Å². The lowest BCUT2D eigenvalue weighted by molar-refractivity contribution is -0.137. The van der Waals surface area contributed by atoms with Gasteiger partial charge >= 0.3 is 6.18 Å². The SMILES string of the molecule is CCc1onc(-c2ccc(F)cc2)c1-c1cn(-c2ccc(C(F)(F)F)cc2)cn1. The van der Waals surface area contributed by atoms with E-state index in [0.717, 1.165) is 12.1 Å². The van der Waals surface area contributed by atoms with Gasteiger partial charge in [-0.05, 0) is 48.5 Å². The first-order valence-corrected chi connectivity index (χ1v) is 8.83. The molecule has 29 heavy (non-hydrogen) atoms. The van der Waals surface area contributed by atoms with Crippen molar-refractivity contribution >= 4 is 0 Å². The third-order valence-electron chi connectivity index (χ3n) is 4.53. The molecule has 0 aliphatic heterocycles. The molecule has 0 bridgehead atoms. The Labute approximate surface area is 163 Å². The summed E-state index contributed by atoms with van der Waals surface area (Å²) in [6.07, 6.45) is -0.613. The van der Waals surface area contributed by atoms with Crippen molar-refractivity contribution in [1.82, 2.24) is 14.7 Å². The highest BCUT2D eigenvalue weighted by Crippen LogP contribution is 2.35. The number of nitrogens with zero attached hydrogens (tertiary/aromatic N) is 3. The van der Waals surface area contributed by atoms with Gasteiger partial charge in [0.05, 0.1) is 23.1 Å².